The molecule has 2 fully saturated rings. The van der Waals surface area contributed by atoms with Crippen molar-refractivity contribution in [2.75, 3.05) is 63.2 Å². The summed E-state index contributed by atoms with van der Waals surface area (Å²) >= 11 is 0. The third-order valence-corrected chi connectivity index (χ3v) is 7.46. The van der Waals surface area contributed by atoms with E-state index in [0.29, 0.717) is 44.0 Å². The zero-order valence-corrected chi connectivity index (χ0v) is 26.2. The molecule has 12 heteroatoms. The van der Waals surface area contributed by atoms with Crippen molar-refractivity contribution >= 4 is 29.5 Å². The molecule has 1 unspecified atom stereocenters. The van der Waals surface area contributed by atoms with Crippen LogP contribution in [0.5, 0.6) is 0 Å². The first-order valence-corrected chi connectivity index (χ1v) is 15.0. The van der Waals surface area contributed by atoms with Gasteiger partial charge in [-0.15, -0.1) is 0 Å². The minimum atomic E-state index is -0.717. The van der Waals surface area contributed by atoms with Crippen molar-refractivity contribution in [1.29, 1.82) is 0 Å². The van der Waals surface area contributed by atoms with Gasteiger partial charge in [-0.3, -0.25) is 9.69 Å². The molecule has 2 saturated heterocycles. The second kappa shape index (κ2) is 14.3. The summed E-state index contributed by atoms with van der Waals surface area (Å²) in [5.41, 5.74) is 2.05. The molecule has 0 spiro atoms. The van der Waals surface area contributed by atoms with Crippen LogP contribution in [0.4, 0.5) is 25.4 Å². The molecule has 2 aliphatic heterocycles. The van der Waals surface area contributed by atoms with Crippen LogP contribution in [0.15, 0.2) is 42.5 Å². The average Bonchev–Trinajstić information content (AvgIpc) is 3.34. The summed E-state index contributed by atoms with van der Waals surface area (Å²) in [4.78, 5) is 44.2. The van der Waals surface area contributed by atoms with Crippen LogP contribution < -0.4 is 15.1 Å². The van der Waals surface area contributed by atoms with E-state index in [1.165, 1.54) is 11.0 Å². The first-order valence-electron chi connectivity index (χ1n) is 15.0. The molecule has 44 heavy (non-hydrogen) atoms. The van der Waals surface area contributed by atoms with Crippen LogP contribution in [0.3, 0.4) is 0 Å². The van der Waals surface area contributed by atoms with Gasteiger partial charge in [-0.05, 0) is 70.6 Å². The Bertz CT molecular complexity index is 1310. The summed E-state index contributed by atoms with van der Waals surface area (Å²) in [6, 6.07) is 12.4. The molecule has 0 aliphatic carbocycles. The first kappa shape index (κ1) is 33.0. The molecule has 240 valence electrons. The fourth-order valence-corrected chi connectivity index (χ4v) is 5.26. The number of cyclic esters (lactones) is 1. The SMILES string of the molecule is CN(C)Cc1ccc(C(O)CCC(=O)N2CCN(c3ccc(N4C[C@H](CNC(=O)OC(C)(C)C)OC4=O)cc3F)CC2)cc1. The van der Waals surface area contributed by atoms with Crippen LogP contribution >= 0.6 is 0 Å². The summed E-state index contributed by atoms with van der Waals surface area (Å²) in [6.45, 7) is 8.12. The van der Waals surface area contributed by atoms with Gasteiger partial charge in [0.2, 0.25) is 5.91 Å². The number of alkyl carbamates (subject to hydrolysis) is 1. The van der Waals surface area contributed by atoms with Gasteiger partial charge in [-0.25, -0.2) is 14.0 Å². The molecule has 2 aliphatic rings. The number of benzene rings is 2. The Kier molecular flexibility index (Phi) is 10.7. The van der Waals surface area contributed by atoms with Crippen LogP contribution in [-0.4, -0.2) is 98.1 Å². The molecule has 2 heterocycles. The average molecular weight is 614 g/mol. The lowest BCUT2D eigenvalue weighted by Crippen LogP contribution is -2.49. The normalized spacial score (nSPS) is 18.0. The van der Waals surface area contributed by atoms with E-state index < -0.39 is 35.8 Å². The second-order valence-electron chi connectivity index (χ2n) is 12.5. The maximum atomic E-state index is 15.2. The Morgan fingerprint density at radius 2 is 1.80 bits per heavy atom. The Morgan fingerprint density at radius 1 is 1.11 bits per heavy atom. The van der Waals surface area contributed by atoms with Gasteiger partial charge in [0.25, 0.3) is 0 Å². The molecule has 0 aromatic heterocycles. The van der Waals surface area contributed by atoms with Crippen molar-refractivity contribution in [3.63, 3.8) is 0 Å². The van der Waals surface area contributed by atoms with E-state index in [2.05, 4.69) is 10.2 Å². The third-order valence-electron chi connectivity index (χ3n) is 7.46. The lowest BCUT2D eigenvalue weighted by atomic mass is 10.0. The van der Waals surface area contributed by atoms with Gasteiger partial charge in [0.1, 0.15) is 17.5 Å². The number of ether oxygens (including phenoxy) is 2. The number of amides is 3. The fraction of sp³-hybridized carbons (Fsp3) is 0.531. The molecule has 2 N–H and O–H groups in total. The van der Waals surface area contributed by atoms with Gasteiger partial charge in [-0.2, -0.15) is 0 Å². The molecule has 2 atom stereocenters. The Morgan fingerprint density at radius 3 is 2.41 bits per heavy atom. The zero-order valence-electron chi connectivity index (χ0n) is 26.2. The summed E-state index contributed by atoms with van der Waals surface area (Å²) in [6.07, 6.45) is -1.98. The molecule has 11 nitrogen and oxygen atoms in total. The van der Waals surface area contributed by atoms with E-state index >= 15 is 4.39 Å². The zero-order chi connectivity index (χ0) is 32.0. The van der Waals surface area contributed by atoms with Crippen LogP contribution in [-0.2, 0) is 20.8 Å². The third kappa shape index (κ3) is 9.06. The van der Waals surface area contributed by atoms with Crippen molar-refractivity contribution in [3.8, 4) is 0 Å². The summed E-state index contributed by atoms with van der Waals surface area (Å²) in [7, 11) is 4.00. The number of piperazine rings is 1. The number of hydrogen-bond acceptors (Lipinski definition) is 8. The number of carbonyl (C=O) groups excluding carboxylic acids is 3. The number of nitrogens with zero attached hydrogens (tertiary/aromatic N) is 4. The maximum absolute atomic E-state index is 15.2. The summed E-state index contributed by atoms with van der Waals surface area (Å²) < 4.78 is 25.8. The highest BCUT2D eigenvalue weighted by Crippen LogP contribution is 2.29. The van der Waals surface area contributed by atoms with Crippen molar-refractivity contribution < 1.29 is 33.4 Å². The van der Waals surface area contributed by atoms with Gasteiger partial charge in [0.05, 0.1) is 30.6 Å². The number of carbonyl (C=O) groups is 3. The highest BCUT2D eigenvalue weighted by atomic mass is 19.1. The molecular weight excluding hydrogens is 569 g/mol. The van der Waals surface area contributed by atoms with E-state index in [9.17, 15) is 19.5 Å². The van der Waals surface area contributed by atoms with Crippen LogP contribution in [0, 0.1) is 5.82 Å². The largest absolute Gasteiger partial charge is 0.444 e. The van der Waals surface area contributed by atoms with Gasteiger partial charge < -0.3 is 34.6 Å². The van der Waals surface area contributed by atoms with E-state index in [-0.39, 0.29) is 25.4 Å². The molecule has 0 radical (unpaired) electrons. The predicted molar refractivity (Wildman–Crippen MR) is 165 cm³/mol. The van der Waals surface area contributed by atoms with Crippen molar-refractivity contribution in [1.82, 2.24) is 15.1 Å². The smallest absolute Gasteiger partial charge is 0.414 e. The molecule has 4 rings (SSSR count). The van der Waals surface area contributed by atoms with Crippen molar-refractivity contribution in [2.24, 2.45) is 0 Å². The standard InChI is InChI=1S/C32H44FN5O6/c1-32(2,3)44-30(41)34-19-25-21-38(31(42)43-25)24-10-11-27(26(33)18-24)36-14-16-37(17-15-36)29(40)13-12-28(39)23-8-6-22(7-9-23)20-35(4)5/h6-11,18,25,28,39H,12-17,19-21H2,1-5H3,(H,34,41)/t25-,28?/m0/s1. The first-order chi connectivity index (χ1) is 20.8. The van der Waals surface area contributed by atoms with Crippen LogP contribution in [0.1, 0.15) is 50.8 Å². The van der Waals surface area contributed by atoms with E-state index in [0.717, 1.165) is 17.7 Å². The maximum Gasteiger partial charge on any atom is 0.414 e. The second-order valence-corrected chi connectivity index (χ2v) is 12.5. The lowest BCUT2D eigenvalue weighted by molar-refractivity contribution is -0.132. The number of nitrogens with one attached hydrogen (secondary N) is 1. The monoisotopic (exact) mass is 613 g/mol. The van der Waals surface area contributed by atoms with E-state index in [4.69, 9.17) is 9.47 Å². The molecule has 2 aromatic carbocycles. The summed E-state index contributed by atoms with van der Waals surface area (Å²) in [5.74, 6) is -0.517. The predicted octanol–water partition coefficient (Wildman–Crippen LogP) is 3.90. The van der Waals surface area contributed by atoms with Crippen molar-refractivity contribution in [2.45, 2.75) is 58.0 Å². The minimum absolute atomic E-state index is 0.0352. The lowest BCUT2D eigenvalue weighted by Gasteiger charge is -2.36. The highest BCUT2D eigenvalue weighted by Gasteiger charge is 2.34. The quantitative estimate of drug-likeness (QED) is 0.415. The minimum Gasteiger partial charge on any atom is -0.444 e. The molecular formula is C32H44FN5O6. The Hall–Kier alpha value is -3.90. The van der Waals surface area contributed by atoms with Gasteiger partial charge in [-0.1, -0.05) is 24.3 Å². The number of aliphatic hydroxyl groups is 1. The number of rotatable bonds is 10. The molecule has 0 saturated carbocycles. The van der Waals surface area contributed by atoms with Crippen molar-refractivity contribution in [3.05, 3.63) is 59.4 Å². The molecule has 3 amide bonds. The fourth-order valence-electron chi connectivity index (χ4n) is 5.26. The Labute approximate surface area is 258 Å². The van der Waals surface area contributed by atoms with E-state index in [1.807, 2.05) is 43.3 Å². The molecule has 2 aromatic rings. The van der Waals surface area contributed by atoms with Crippen LogP contribution in [0.25, 0.3) is 0 Å². The number of halogens is 1. The Balaban J connectivity index is 1.23. The highest BCUT2D eigenvalue weighted by molar-refractivity contribution is 5.90. The van der Waals surface area contributed by atoms with Gasteiger partial charge >= 0.3 is 12.2 Å². The summed E-state index contributed by atoms with van der Waals surface area (Å²) in [5, 5.41) is 13.2. The topological polar surface area (TPSA) is 115 Å². The van der Waals surface area contributed by atoms with Crippen LogP contribution in [0.2, 0.25) is 0 Å². The van der Waals surface area contributed by atoms with E-state index in [1.54, 1.807) is 37.8 Å². The van der Waals surface area contributed by atoms with Gasteiger partial charge in [0, 0.05) is 39.1 Å². The van der Waals surface area contributed by atoms with Gasteiger partial charge in [0.15, 0.2) is 0 Å². The molecule has 0 bridgehead atoms. The number of hydrogen-bond donors (Lipinski definition) is 2. The number of anilines is 2. The number of aliphatic hydroxyl groups excluding tert-OH is 1.